The van der Waals surface area contributed by atoms with Crippen LogP contribution in [0, 0.1) is 6.92 Å². The van der Waals surface area contributed by atoms with E-state index in [2.05, 4.69) is 26.6 Å². The van der Waals surface area contributed by atoms with E-state index < -0.39 is 30.5 Å². The Bertz CT molecular complexity index is 839. The Morgan fingerprint density at radius 3 is 2.39 bits per heavy atom. The van der Waals surface area contributed by atoms with Crippen LogP contribution >= 0.6 is 15.9 Å². The largest absolute Gasteiger partial charge is 0.479 e. The number of carbonyl (C=O) groups is 3. The van der Waals surface area contributed by atoms with Gasteiger partial charge in [-0.2, -0.15) is 0 Å². The third kappa shape index (κ3) is 7.03. The Kier molecular flexibility index (Phi) is 8.01. The van der Waals surface area contributed by atoms with Crippen molar-refractivity contribution in [1.29, 1.82) is 0 Å². The predicted molar refractivity (Wildman–Crippen MR) is 108 cm³/mol. The van der Waals surface area contributed by atoms with Gasteiger partial charge in [-0.25, -0.2) is 4.79 Å². The zero-order valence-electron chi connectivity index (χ0n) is 15.5. The van der Waals surface area contributed by atoms with Gasteiger partial charge in [0.1, 0.15) is 5.75 Å². The van der Waals surface area contributed by atoms with E-state index in [1.165, 1.54) is 6.92 Å². The van der Waals surface area contributed by atoms with E-state index in [0.717, 1.165) is 10.0 Å². The van der Waals surface area contributed by atoms with E-state index in [1.807, 2.05) is 25.1 Å². The average molecular weight is 449 g/mol. The Morgan fingerprint density at radius 1 is 1.04 bits per heavy atom. The van der Waals surface area contributed by atoms with Gasteiger partial charge >= 0.3 is 5.97 Å². The smallest absolute Gasteiger partial charge is 0.347 e. The summed E-state index contributed by atoms with van der Waals surface area (Å²) in [5.41, 5.74) is 1.66. The molecule has 0 aromatic heterocycles. The summed E-state index contributed by atoms with van der Waals surface area (Å²) in [6.07, 6.45) is -0.866. The molecule has 28 heavy (non-hydrogen) atoms. The molecule has 0 saturated carbocycles. The van der Waals surface area contributed by atoms with Gasteiger partial charge in [-0.05, 0) is 54.0 Å². The molecule has 2 aromatic rings. The molecular weight excluding hydrogens is 428 g/mol. The molecule has 1 atom stereocenters. The van der Waals surface area contributed by atoms with E-state index in [1.54, 1.807) is 30.3 Å². The second-order valence-corrected chi connectivity index (χ2v) is 6.84. The summed E-state index contributed by atoms with van der Waals surface area (Å²) in [6.45, 7) is 2.74. The molecule has 0 aliphatic rings. The maximum Gasteiger partial charge on any atom is 0.347 e. The fraction of sp³-hybridized carbons (Fsp3) is 0.250. The summed E-state index contributed by atoms with van der Waals surface area (Å²) in [5.74, 6) is -1.13. The van der Waals surface area contributed by atoms with Gasteiger partial charge in [-0.15, -0.1) is 0 Å². The molecule has 2 aromatic carbocycles. The maximum absolute atomic E-state index is 11.9. The Balaban J connectivity index is 1.69. The van der Waals surface area contributed by atoms with Crippen LogP contribution < -0.4 is 15.4 Å². The highest BCUT2D eigenvalue weighted by Gasteiger charge is 2.18. The number of benzene rings is 2. The first-order valence-electron chi connectivity index (χ1n) is 8.56. The molecule has 2 N–H and O–H groups in total. The van der Waals surface area contributed by atoms with Crippen LogP contribution in [0.3, 0.4) is 0 Å². The van der Waals surface area contributed by atoms with Crippen LogP contribution in [0.25, 0.3) is 0 Å². The number of amides is 2. The molecule has 0 radical (unpaired) electrons. The third-order valence-electron chi connectivity index (χ3n) is 3.61. The van der Waals surface area contributed by atoms with Gasteiger partial charge < -0.3 is 20.1 Å². The van der Waals surface area contributed by atoms with E-state index >= 15 is 0 Å². The van der Waals surface area contributed by atoms with Gasteiger partial charge in [0, 0.05) is 4.47 Å². The van der Waals surface area contributed by atoms with Crippen molar-refractivity contribution in [3.8, 4) is 5.75 Å². The zero-order chi connectivity index (χ0) is 20.5. The molecule has 2 rings (SSSR count). The standard InChI is InChI=1S/C20H21BrN2O5/c1-13-7-9-15(10-8-13)28-14(2)20(26)27-12-19(25)22-11-18(24)23-17-6-4-3-5-16(17)21/h3-10,14H,11-12H2,1-2H3,(H,22,25)(H,23,24). The summed E-state index contributed by atoms with van der Waals surface area (Å²) in [5, 5.41) is 5.04. The monoisotopic (exact) mass is 448 g/mol. The molecule has 0 aliphatic carbocycles. The minimum absolute atomic E-state index is 0.243. The quantitative estimate of drug-likeness (QED) is 0.605. The molecule has 0 heterocycles. The Labute approximate surface area is 171 Å². The molecule has 0 saturated heterocycles. The number of esters is 1. The zero-order valence-corrected chi connectivity index (χ0v) is 17.1. The number of ether oxygens (including phenoxy) is 2. The van der Waals surface area contributed by atoms with Gasteiger partial charge in [-0.3, -0.25) is 9.59 Å². The van der Waals surface area contributed by atoms with Crippen molar-refractivity contribution in [1.82, 2.24) is 5.32 Å². The lowest BCUT2D eigenvalue weighted by Gasteiger charge is -2.14. The summed E-state index contributed by atoms with van der Waals surface area (Å²) in [6, 6.07) is 14.3. The van der Waals surface area contributed by atoms with Crippen LogP contribution in [-0.4, -0.2) is 37.0 Å². The highest BCUT2D eigenvalue weighted by atomic mass is 79.9. The molecule has 148 valence electrons. The predicted octanol–water partition coefficient (Wildman–Crippen LogP) is 2.82. The minimum Gasteiger partial charge on any atom is -0.479 e. The number of nitrogens with one attached hydrogen (secondary N) is 2. The number of carbonyl (C=O) groups excluding carboxylic acids is 3. The summed E-state index contributed by atoms with van der Waals surface area (Å²) < 4.78 is 11.1. The highest BCUT2D eigenvalue weighted by Crippen LogP contribution is 2.20. The van der Waals surface area contributed by atoms with Gasteiger partial charge in [0.25, 0.3) is 5.91 Å². The molecule has 0 spiro atoms. The SMILES string of the molecule is Cc1ccc(OC(C)C(=O)OCC(=O)NCC(=O)Nc2ccccc2Br)cc1. The average Bonchev–Trinajstić information content (AvgIpc) is 2.68. The van der Waals surface area contributed by atoms with Gasteiger partial charge in [0.15, 0.2) is 12.7 Å². The topological polar surface area (TPSA) is 93.7 Å². The first-order valence-corrected chi connectivity index (χ1v) is 9.35. The summed E-state index contributed by atoms with van der Waals surface area (Å²) in [7, 11) is 0. The first-order chi connectivity index (χ1) is 13.3. The molecular formula is C20H21BrN2O5. The molecule has 0 fully saturated rings. The normalized spacial score (nSPS) is 11.2. The Hall–Kier alpha value is -2.87. The van der Waals surface area contributed by atoms with Crippen molar-refractivity contribution in [2.75, 3.05) is 18.5 Å². The van der Waals surface area contributed by atoms with Crippen LogP contribution in [-0.2, 0) is 19.1 Å². The lowest BCUT2D eigenvalue weighted by Crippen LogP contribution is -2.37. The van der Waals surface area contributed by atoms with E-state index in [-0.39, 0.29) is 6.54 Å². The van der Waals surface area contributed by atoms with Crippen molar-refractivity contribution in [3.63, 3.8) is 0 Å². The summed E-state index contributed by atoms with van der Waals surface area (Å²) >= 11 is 3.31. The molecule has 1 unspecified atom stereocenters. The number of hydrogen-bond donors (Lipinski definition) is 2. The molecule has 0 bridgehead atoms. The van der Waals surface area contributed by atoms with Gasteiger partial charge in [-0.1, -0.05) is 29.8 Å². The van der Waals surface area contributed by atoms with E-state index in [0.29, 0.717) is 11.4 Å². The fourth-order valence-electron chi connectivity index (χ4n) is 2.11. The molecule has 0 aliphatic heterocycles. The van der Waals surface area contributed by atoms with Gasteiger partial charge in [0.2, 0.25) is 5.91 Å². The first kappa shape index (κ1) is 21.4. The van der Waals surface area contributed by atoms with E-state index in [4.69, 9.17) is 9.47 Å². The van der Waals surface area contributed by atoms with Crippen molar-refractivity contribution in [2.24, 2.45) is 0 Å². The van der Waals surface area contributed by atoms with Crippen molar-refractivity contribution in [2.45, 2.75) is 20.0 Å². The molecule has 2 amide bonds. The van der Waals surface area contributed by atoms with Crippen LogP contribution in [0.5, 0.6) is 5.75 Å². The number of rotatable bonds is 8. The van der Waals surface area contributed by atoms with Crippen molar-refractivity contribution >= 4 is 39.4 Å². The third-order valence-corrected chi connectivity index (χ3v) is 4.30. The van der Waals surface area contributed by atoms with E-state index in [9.17, 15) is 14.4 Å². The second-order valence-electron chi connectivity index (χ2n) is 5.99. The highest BCUT2D eigenvalue weighted by molar-refractivity contribution is 9.10. The van der Waals surface area contributed by atoms with Crippen LogP contribution in [0.1, 0.15) is 12.5 Å². The molecule has 7 nitrogen and oxygen atoms in total. The van der Waals surface area contributed by atoms with Gasteiger partial charge in [0.05, 0.1) is 12.2 Å². The van der Waals surface area contributed by atoms with Crippen LogP contribution in [0.15, 0.2) is 53.0 Å². The Morgan fingerprint density at radius 2 is 1.71 bits per heavy atom. The number of anilines is 1. The van der Waals surface area contributed by atoms with Crippen molar-refractivity contribution in [3.05, 3.63) is 58.6 Å². The minimum atomic E-state index is -0.866. The number of aryl methyl sites for hydroxylation is 1. The second kappa shape index (κ2) is 10.5. The van der Waals surface area contributed by atoms with Crippen LogP contribution in [0.4, 0.5) is 5.69 Å². The van der Waals surface area contributed by atoms with Crippen molar-refractivity contribution < 1.29 is 23.9 Å². The van der Waals surface area contributed by atoms with Crippen LogP contribution in [0.2, 0.25) is 0 Å². The lowest BCUT2D eigenvalue weighted by atomic mass is 10.2. The lowest BCUT2D eigenvalue weighted by molar-refractivity contribution is -0.154. The number of halogens is 1. The fourth-order valence-corrected chi connectivity index (χ4v) is 2.49. The maximum atomic E-state index is 11.9. The summed E-state index contributed by atoms with van der Waals surface area (Å²) in [4.78, 5) is 35.6. The number of hydrogen-bond acceptors (Lipinski definition) is 5. The number of para-hydroxylation sites is 1. The molecule has 8 heteroatoms.